The molecule has 1 atom stereocenters. The van der Waals surface area contributed by atoms with Crippen molar-refractivity contribution in [3.05, 3.63) is 62.7 Å². The number of nitrogens with zero attached hydrogens (tertiary/aromatic N) is 5. The number of thioether (sulfide) groups is 1. The topological polar surface area (TPSA) is 86.2 Å². The number of carbonyl (C=O) groups excluding carboxylic acids is 1. The highest BCUT2D eigenvalue weighted by atomic mass is 32.2. The highest BCUT2D eigenvalue weighted by Crippen LogP contribution is 2.35. The van der Waals surface area contributed by atoms with Crippen molar-refractivity contribution in [1.29, 1.82) is 0 Å². The SMILES string of the molecule is Cn1nc(CN(Cc2ccco2)C(=O)CC2CSc3nc4c(c(=O)n32)CCC4)c2c1CCC2. The molecule has 2 aliphatic carbocycles. The van der Waals surface area contributed by atoms with Gasteiger partial charge in [-0.2, -0.15) is 5.10 Å². The third-order valence-electron chi connectivity index (χ3n) is 7.10. The van der Waals surface area contributed by atoms with Gasteiger partial charge in [0.25, 0.3) is 5.56 Å². The van der Waals surface area contributed by atoms with Gasteiger partial charge < -0.3 is 9.32 Å². The highest BCUT2D eigenvalue weighted by molar-refractivity contribution is 7.99. The zero-order valence-corrected chi connectivity index (χ0v) is 19.6. The first-order valence-electron chi connectivity index (χ1n) is 11.7. The van der Waals surface area contributed by atoms with Gasteiger partial charge in [0.15, 0.2) is 5.16 Å². The molecule has 3 aliphatic rings. The molecule has 0 bridgehead atoms. The van der Waals surface area contributed by atoms with Crippen LogP contribution >= 0.6 is 11.8 Å². The predicted octanol–water partition coefficient (Wildman–Crippen LogP) is 2.81. The Kier molecular flexibility index (Phi) is 5.16. The highest BCUT2D eigenvalue weighted by Gasteiger charge is 2.33. The zero-order chi connectivity index (χ0) is 22.5. The van der Waals surface area contributed by atoms with E-state index in [9.17, 15) is 9.59 Å². The second kappa shape index (κ2) is 8.20. The van der Waals surface area contributed by atoms with Crippen molar-refractivity contribution in [2.45, 2.75) is 69.2 Å². The lowest BCUT2D eigenvalue weighted by Gasteiger charge is -2.23. The lowest BCUT2D eigenvalue weighted by molar-refractivity contribution is -0.133. The Bertz CT molecular complexity index is 1280. The van der Waals surface area contributed by atoms with Gasteiger partial charge in [0, 0.05) is 30.5 Å². The first kappa shape index (κ1) is 20.8. The molecule has 9 heteroatoms. The van der Waals surface area contributed by atoms with Gasteiger partial charge >= 0.3 is 0 Å². The molecule has 6 rings (SSSR count). The summed E-state index contributed by atoms with van der Waals surface area (Å²) in [7, 11) is 1.98. The number of amides is 1. The molecular weight excluding hydrogens is 438 g/mol. The number of fused-ring (bicyclic) bond motifs is 3. The third kappa shape index (κ3) is 3.62. The van der Waals surface area contributed by atoms with Crippen molar-refractivity contribution in [2.75, 3.05) is 5.75 Å². The van der Waals surface area contributed by atoms with E-state index < -0.39 is 0 Å². The summed E-state index contributed by atoms with van der Waals surface area (Å²) in [6.45, 7) is 0.841. The Hall–Kier alpha value is -2.81. The Morgan fingerprint density at radius 3 is 2.91 bits per heavy atom. The molecule has 1 amide bonds. The molecule has 3 aromatic heterocycles. The molecule has 0 saturated carbocycles. The van der Waals surface area contributed by atoms with Crippen LogP contribution in [-0.2, 0) is 50.6 Å². The number of furan rings is 1. The number of rotatable bonds is 6. The van der Waals surface area contributed by atoms with Crippen molar-refractivity contribution in [3.8, 4) is 0 Å². The van der Waals surface area contributed by atoms with Crippen LogP contribution in [-0.4, -0.2) is 35.9 Å². The number of aromatic nitrogens is 4. The molecular formula is C24H27N5O3S. The lowest BCUT2D eigenvalue weighted by Crippen LogP contribution is -2.35. The molecule has 0 spiro atoms. The van der Waals surface area contributed by atoms with Gasteiger partial charge in [0.2, 0.25) is 5.91 Å². The van der Waals surface area contributed by atoms with E-state index in [1.807, 2.05) is 28.8 Å². The molecule has 1 aliphatic heterocycles. The van der Waals surface area contributed by atoms with Crippen molar-refractivity contribution < 1.29 is 9.21 Å². The zero-order valence-electron chi connectivity index (χ0n) is 18.7. The van der Waals surface area contributed by atoms with E-state index >= 15 is 0 Å². The molecule has 172 valence electrons. The van der Waals surface area contributed by atoms with Crippen LogP contribution in [0.15, 0.2) is 32.8 Å². The van der Waals surface area contributed by atoms with Crippen molar-refractivity contribution in [1.82, 2.24) is 24.2 Å². The summed E-state index contributed by atoms with van der Waals surface area (Å²) >= 11 is 1.59. The molecule has 4 heterocycles. The first-order chi connectivity index (χ1) is 16.1. The summed E-state index contributed by atoms with van der Waals surface area (Å²) in [5.74, 6) is 1.45. The molecule has 0 saturated heterocycles. The molecule has 3 aromatic rings. The number of aryl methyl sites for hydroxylation is 2. The normalized spacial score (nSPS) is 18.4. The van der Waals surface area contributed by atoms with E-state index in [2.05, 4.69) is 0 Å². The predicted molar refractivity (Wildman–Crippen MR) is 123 cm³/mol. The second-order valence-electron chi connectivity index (χ2n) is 9.20. The molecule has 0 N–H and O–H groups in total. The second-order valence-corrected chi connectivity index (χ2v) is 10.2. The average molecular weight is 466 g/mol. The standard InChI is InChI=1S/C24H27N5O3S/c1-27-21-9-3-6-17(21)20(26-27)13-28(12-16-5-4-10-32-16)22(30)11-15-14-33-24-25-19-8-2-7-18(19)23(31)29(15)24/h4-5,10,15H,2-3,6-9,11-14H2,1H3. The van der Waals surface area contributed by atoms with Crippen LogP contribution in [0, 0.1) is 0 Å². The summed E-state index contributed by atoms with van der Waals surface area (Å²) in [5.41, 5.74) is 5.39. The van der Waals surface area contributed by atoms with Gasteiger partial charge in [-0.25, -0.2) is 4.98 Å². The molecule has 33 heavy (non-hydrogen) atoms. The summed E-state index contributed by atoms with van der Waals surface area (Å²) < 4.78 is 9.29. The summed E-state index contributed by atoms with van der Waals surface area (Å²) in [6, 6.07) is 3.56. The fourth-order valence-electron chi connectivity index (χ4n) is 5.46. The van der Waals surface area contributed by atoms with Crippen LogP contribution in [0.4, 0.5) is 0 Å². The smallest absolute Gasteiger partial charge is 0.257 e. The summed E-state index contributed by atoms with van der Waals surface area (Å²) in [5, 5.41) is 5.49. The van der Waals surface area contributed by atoms with Crippen LogP contribution in [0.25, 0.3) is 0 Å². The Morgan fingerprint density at radius 1 is 1.21 bits per heavy atom. The Balaban J connectivity index is 1.27. The molecule has 8 nitrogen and oxygen atoms in total. The average Bonchev–Trinajstić information content (AvgIpc) is 3.60. The van der Waals surface area contributed by atoms with E-state index in [-0.39, 0.29) is 23.9 Å². The number of hydrogen-bond acceptors (Lipinski definition) is 6. The summed E-state index contributed by atoms with van der Waals surface area (Å²) in [4.78, 5) is 33.3. The third-order valence-corrected chi connectivity index (χ3v) is 8.20. The van der Waals surface area contributed by atoms with Crippen molar-refractivity contribution in [2.24, 2.45) is 7.05 Å². The fourth-order valence-corrected chi connectivity index (χ4v) is 6.62. The minimum absolute atomic E-state index is 0.00893. The van der Waals surface area contributed by atoms with Crippen molar-refractivity contribution >= 4 is 17.7 Å². The van der Waals surface area contributed by atoms with E-state index in [1.165, 1.54) is 11.3 Å². The van der Waals surface area contributed by atoms with E-state index in [0.717, 1.165) is 66.4 Å². The Morgan fingerprint density at radius 2 is 2.06 bits per heavy atom. The van der Waals surface area contributed by atoms with Gasteiger partial charge in [-0.05, 0) is 56.2 Å². The minimum atomic E-state index is -0.169. The van der Waals surface area contributed by atoms with E-state index in [4.69, 9.17) is 14.5 Å². The molecule has 0 fully saturated rings. The van der Waals surface area contributed by atoms with Gasteiger partial charge in [0.05, 0.1) is 36.8 Å². The van der Waals surface area contributed by atoms with Crippen LogP contribution in [0.3, 0.4) is 0 Å². The Labute approximate surface area is 196 Å². The maximum Gasteiger partial charge on any atom is 0.257 e. The van der Waals surface area contributed by atoms with Crippen LogP contribution in [0.5, 0.6) is 0 Å². The molecule has 1 unspecified atom stereocenters. The largest absolute Gasteiger partial charge is 0.467 e. The molecule has 0 radical (unpaired) electrons. The van der Waals surface area contributed by atoms with E-state index in [0.29, 0.717) is 18.8 Å². The monoisotopic (exact) mass is 465 g/mol. The van der Waals surface area contributed by atoms with Gasteiger partial charge in [0.1, 0.15) is 5.76 Å². The van der Waals surface area contributed by atoms with Crippen LogP contribution in [0.2, 0.25) is 0 Å². The van der Waals surface area contributed by atoms with Gasteiger partial charge in [-0.15, -0.1) is 0 Å². The number of carbonyl (C=O) groups is 1. The van der Waals surface area contributed by atoms with Crippen LogP contribution in [0.1, 0.15) is 59.3 Å². The minimum Gasteiger partial charge on any atom is -0.467 e. The number of hydrogen-bond donors (Lipinski definition) is 0. The molecule has 0 aromatic carbocycles. The van der Waals surface area contributed by atoms with Crippen molar-refractivity contribution in [3.63, 3.8) is 0 Å². The first-order valence-corrected chi connectivity index (χ1v) is 12.7. The fraction of sp³-hybridized carbons (Fsp3) is 0.500. The maximum absolute atomic E-state index is 13.6. The summed E-state index contributed by atoms with van der Waals surface area (Å²) in [6.07, 6.45) is 7.76. The maximum atomic E-state index is 13.6. The van der Waals surface area contributed by atoms with Crippen LogP contribution < -0.4 is 5.56 Å². The quantitative estimate of drug-likeness (QED) is 0.521. The van der Waals surface area contributed by atoms with Gasteiger partial charge in [-0.1, -0.05) is 11.8 Å². The lowest BCUT2D eigenvalue weighted by atomic mass is 10.1. The van der Waals surface area contributed by atoms with E-state index in [1.54, 1.807) is 22.6 Å². The van der Waals surface area contributed by atoms with Gasteiger partial charge in [-0.3, -0.25) is 18.8 Å².